The van der Waals surface area contributed by atoms with Gasteiger partial charge in [0.1, 0.15) is 11.8 Å². The minimum atomic E-state index is -1.51. The van der Waals surface area contributed by atoms with Crippen LogP contribution >= 0.6 is 0 Å². The van der Waals surface area contributed by atoms with Crippen LogP contribution in [0.2, 0.25) is 0 Å². The minimum Gasteiger partial charge on any atom is -0.481 e. The number of fused-ring (bicyclic) bond motifs is 2. The summed E-state index contributed by atoms with van der Waals surface area (Å²) in [6, 6.07) is 8.79. The number of aliphatic carboxylic acids is 2. The van der Waals surface area contributed by atoms with Crippen LogP contribution < -0.4 is 21.1 Å². The fraction of sp³-hybridized carbons (Fsp3) is 0.320. The molecule has 0 spiro atoms. The number of hydrogen-bond donors (Lipinski definition) is 6. The van der Waals surface area contributed by atoms with Crippen LogP contribution in [0.15, 0.2) is 36.4 Å². The van der Waals surface area contributed by atoms with Crippen molar-refractivity contribution in [3.05, 3.63) is 58.7 Å². The first-order valence-electron chi connectivity index (χ1n) is 11.4. The number of aryl methyl sites for hydroxylation is 2. The molecule has 0 saturated carbocycles. The van der Waals surface area contributed by atoms with Gasteiger partial charge in [-0.1, -0.05) is 12.1 Å². The van der Waals surface area contributed by atoms with Gasteiger partial charge in [-0.3, -0.25) is 15.0 Å². The maximum absolute atomic E-state index is 13.0. The molecule has 1 atom stereocenters. The molecule has 11 nitrogen and oxygen atoms in total. The highest BCUT2D eigenvalue weighted by Gasteiger charge is 2.24. The molecule has 0 aliphatic carbocycles. The van der Waals surface area contributed by atoms with Crippen molar-refractivity contribution in [1.82, 2.24) is 5.32 Å². The van der Waals surface area contributed by atoms with Gasteiger partial charge >= 0.3 is 17.9 Å². The number of amides is 1. The van der Waals surface area contributed by atoms with Gasteiger partial charge in [-0.25, -0.2) is 9.59 Å². The number of nitrogens with one attached hydrogen (secondary N) is 3. The van der Waals surface area contributed by atoms with Crippen molar-refractivity contribution in [3.63, 3.8) is 0 Å². The lowest BCUT2D eigenvalue weighted by Gasteiger charge is -2.19. The zero-order chi connectivity index (χ0) is 26.2. The SMILES string of the molecule is N=C(N)Nc1ccc2c(c1)CCCCc1c(CCC(=O)N[C@@H](CC(=O)O)C(=O)O)cccc1OC2=O. The second kappa shape index (κ2) is 11.8. The van der Waals surface area contributed by atoms with Gasteiger partial charge in [-0.2, -0.15) is 0 Å². The van der Waals surface area contributed by atoms with Crippen LogP contribution in [0.5, 0.6) is 5.75 Å². The molecular formula is C25H28N4O7. The van der Waals surface area contributed by atoms with E-state index in [0.29, 0.717) is 29.8 Å². The molecule has 1 amide bonds. The molecule has 0 radical (unpaired) electrons. The van der Waals surface area contributed by atoms with E-state index in [-0.39, 0.29) is 18.8 Å². The Bertz CT molecular complexity index is 1190. The first-order chi connectivity index (χ1) is 17.1. The molecule has 36 heavy (non-hydrogen) atoms. The van der Waals surface area contributed by atoms with Crippen molar-refractivity contribution < 1.29 is 34.1 Å². The zero-order valence-corrected chi connectivity index (χ0v) is 19.5. The molecule has 0 aromatic heterocycles. The Morgan fingerprint density at radius 3 is 2.56 bits per heavy atom. The molecule has 1 aliphatic heterocycles. The van der Waals surface area contributed by atoms with Crippen LogP contribution in [-0.2, 0) is 33.6 Å². The number of nitrogens with two attached hydrogens (primary N) is 1. The number of carboxylic acid groups (broad SMARTS) is 2. The normalized spacial score (nSPS) is 13.8. The van der Waals surface area contributed by atoms with E-state index in [1.165, 1.54) is 0 Å². The third-order valence-electron chi connectivity index (χ3n) is 5.79. The minimum absolute atomic E-state index is 0.0530. The number of hydrogen-bond acceptors (Lipinski definition) is 6. The van der Waals surface area contributed by atoms with Crippen molar-refractivity contribution in [2.75, 3.05) is 5.32 Å². The average Bonchev–Trinajstić information content (AvgIpc) is 2.80. The molecule has 0 fully saturated rings. The molecule has 1 aliphatic rings. The first-order valence-corrected chi connectivity index (χ1v) is 11.4. The average molecular weight is 497 g/mol. The lowest BCUT2D eigenvalue weighted by molar-refractivity contribution is -0.147. The van der Waals surface area contributed by atoms with Crippen LogP contribution in [0, 0.1) is 5.41 Å². The maximum Gasteiger partial charge on any atom is 0.343 e. The third kappa shape index (κ3) is 7.05. The maximum atomic E-state index is 13.0. The lowest BCUT2D eigenvalue weighted by atomic mass is 9.94. The summed E-state index contributed by atoms with van der Waals surface area (Å²) in [4.78, 5) is 47.3. The van der Waals surface area contributed by atoms with E-state index in [0.717, 1.165) is 29.5 Å². The van der Waals surface area contributed by atoms with Crippen LogP contribution in [0.1, 0.15) is 52.7 Å². The summed E-state index contributed by atoms with van der Waals surface area (Å²) in [6.45, 7) is 0. The van der Waals surface area contributed by atoms with Gasteiger partial charge in [0.2, 0.25) is 5.91 Å². The number of ether oxygens (including phenoxy) is 1. The van der Waals surface area contributed by atoms with E-state index in [4.69, 9.17) is 26.1 Å². The van der Waals surface area contributed by atoms with Gasteiger partial charge in [-0.05, 0) is 73.1 Å². The van der Waals surface area contributed by atoms with E-state index >= 15 is 0 Å². The van der Waals surface area contributed by atoms with Gasteiger partial charge in [0, 0.05) is 12.1 Å². The molecular weight excluding hydrogens is 468 g/mol. The van der Waals surface area contributed by atoms with Crippen molar-refractivity contribution in [3.8, 4) is 5.75 Å². The Morgan fingerprint density at radius 2 is 1.86 bits per heavy atom. The summed E-state index contributed by atoms with van der Waals surface area (Å²) in [5.74, 6) is -3.65. The monoisotopic (exact) mass is 496 g/mol. The van der Waals surface area contributed by atoms with E-state index < -0.39 is 36.3 Å². The zero-order valence-electron chi connectivity index (χ0n) is 19.5. The number of esters is 1. The van der Waals surface area contributed by atoms with E-state index in [1.54, 1.807) is 30.3 Å². The van der Waals surface area contributed by atoms with E-state index in [1.807, 2.05) is 6.07 Å². The van der Waals surface area contributed by atoms with Crippen molar-refractivity contribution >= 4 is 35.5 Å². The van der Waals surface area contributed by atoms with E-state index in [2.05, 4.69) is 10.6 Å². The molecule has 2 aromatic carbocycles. The van der Waals surface area contributed by atoms with Crippen molar-refractivity contribution in [2.24, 2.45) is 5.73 Å². The quantitative estimate of drug-likeness (QED) is 0.137. The van der Waals surface area contributed by atoms with Gasteiger partial charge < -0.3 is 31.3 Å². The highest BCUT2D eigenvalue weighted by Crippen LogP contribution is 2.29. The fourth-order valence-corrected chi connectivity index (χ4v) is 4.12. The number of guanidine groups is 1. The van der Waals surface area contributed by atoms with Crippen LogP contribution in [0.25, 0.3) is 0 Å². The number of carboxylic acids is 2. The van der Waals surface area contributed by atoms with Gasteiger partial charge in [-0.15, -0.1) is 0 Å². The second-order valence-corrected chi connectivity index (χ2v) is 8.46. The van der Waals surface area contributed by atoms with Crippen molar-refractivity contribution in [1.29, 1.82) is 5.41 Å². The number of rotatable bonds is 8. The molecule has 190 valence electrons. The first kappa shape index (κ1) is 26.2. The van der Waals surface area contributed by atoms with Gasteiger partial charge in [0.15, 0.2) is 5.96 Å². The standard InChI is InChI=1S/C25H28N4O7/c26-25(27)28-16-9-10-18-15(12-16)4-1-2-6-17-14(5-3-7-20(17)36-24(18)35)8-11-21(30)29-19(23(33)34)13-22(31)32/h3,5,7,9-10,12,19H,1-2,4,6,8,11,13H2,(H,29,30)(H,31,32)(H,33,34)(H4,26,27,28)/t19-/m0/s1. The summed E-state index contributed by atoms with van der Waals surface area (Å²) in [5, 5.41) is 30.3. The topological polar surface area (TPSA) is 192 Å². The second-order valence-electron chi connectivity index (χ2n) is 8.46. The summed E-state index contributed by atoms with van der Waals surface area (Å²) in [7, 11) is 0. The molecule has 0 unspecified atom stereocenters. The Morgan fingerprint density at radius 1 is 1.11 bits per heavy atom. The Labute approximate surface area is 207 Å². The number of benzene rings is 2. The predicted molar refractivity (Wildman–Crippen MR) is 130 cm³/mol. The van der Waals surface area contributed by atoms with Gasteiger partial charge in [0.25, 0.3) is 0 Å². The summed E-state index contributed by atoms with van der Waals surface area (Å²) in [5.41, 5.74) is 8.82. The lowest BCUT2D eigenvalue weighted by Crippen LogP contribution is -2.42. The van der Waals surface area contributed by atoms with Crippen LogP contribution in [0.4, 0.5) is 5.69 Å². The molecule has 1 heterocycles. The van der Waals surface area contributed by atoms with Crippen LogP contribution in [0.3, 0.4) is 0 Å². The predicted octanol–water partition coefficient (Wildman–Crippen LogP) is 2.07. The highest BCUT2D eigenvalue weighted by atomic mass is 16.5. The van der Waals surface area contributed by atoms with Crippen LogP contribution in [-0.4, -0.2) is 46.0 Å². The summed E-state index contributed by atoms with van der Waals surface area (Å²) in [6.07, 6.45) is 2.30. The van der Waals surface area contributed by atoms with E-state index in [9.17, 15) is 19.2 Å². The Kier molecular flexibility index (Phi) is 8.61. The number of carbonyl (C=O) groups is 4. The molecule has 11 heteroatoms. The van der Waals surface area contributed by atoms with Crippen molar-refractivity contribution in [2.45, 2.75) is 51.0 Å². The fourth-order valence-electron chi connectivity index (χ4n) is 4.12. The number of anilines is 1. The molecule has 2 aromatic rings. The molecule has 7 N–H and O–H groups in total. The molecule has 3 rings (SSSR count). The third-order valence-corrected chi connectivity index (χ3v) is 5.79. The molecule has 0 saturated heterocycles. The number of carbonyl (C=O) groups excluding carboxylic acids is 2. The summed E-state index contributed by atoms with van der Waals surface area (Å²) < 4.78 is 5.74. The smallest absolute Gasteiger partial charge is 0.343 e. The summed E-state index contributed by atoms with van der Waals surface area (Å²) >= 11 is 0. The Hall–Kier alpha value is -4.41. The van der Waals surface area contributed by atoms with Gasteiger partial charge in [0.05, 0.1) is 12.0 Å². The largest absolute Gasteiger partial charge is 0.481 e. The highest BCUT2D eigenvalue weighted by molar-refractivity contribution is 5.95. The molecule has 0 bridgehead atoms. The Balaban J connectivity index is 1.76.